The molecule has 8 nitrogen and oxygen atoms in total. The number of rotatable bonds is 2. The van der Waals surface area contributed by atoms with Crippen molar-refractivity contribution in [3.63, 3.8) is 0 Å². The normalized spacial score (nSPS) is 32.9. The van der Waals surface area contributed by atoms with Gasteiger partial charge in [-0.25, -0.2) is 9.18 Å². The second-order valence-corrected chi connectivity index (χ2v) is 4.83. The van der Waals surface area contributed by atoms with Gasteiger partial charge in [0.05, 0.1) is 9.30 Å². The Kier molecular flexibility index (Phi) is 3.74. The van der Waals surface area contributed by atoms with Crippen LogP contribution < -0.4 is 17.2 Å². The van der Waals surface area contributed by atoms with E-state index in [1.165, 1.54) is 13.0 Å². The molecule has 22 heavy (non-hydrogen) atoms. The molecule has 6 N–H and O–H groups in total. The lowest BCUT2D eigenvalue weighted by atomic mass is 9.91. The molecule has 0 bridgehead atoms. The smallest absolute Gasteiger partial charge is 0.351 e. The van der Waals surface area contributed by atoms with Crippen LogP contribution >= 0.6 is 0 Å². The maximum absolute atomic E-state index is 12.4. The van der Waals surface area contributed by atoms with E-state index >= 15 is 0 Å². The van der Waals surface area contributed by atoms with Crippen LogP contribution in [0.4, 0.5) is 10.2 Å². The molecule has 1 aliphatic heterocycles. The van der Waals surface area contributed by atoms with Gasteiger partial charge >= 0.3 is 5.69 Å². The number of hydrogen-bond donors (Lipinski definition) is 4. The van der Waals surface area contributed by atoms with Gasteiger partial charge in [0, 0.05) is 5.69 Å². The van der Waals surface area contributed by atoms with Gasteiger partial charge in [-0.15, -0.1) is 0 Å². The van der Waals surface area contributed by atoms with Crippen LogP contribution in [-0.4, -0.2) is 50.7 Å². The monoisotopic (exact) mass is 314 g/mol. The standard InChI is InChI=1S/C13H17FN4O4/c1-7-5-9(15)17-12(21)18(7)11-13(16,3-2-4-14)10(20)8(6-19)22-11/h5,8,10-11,19-20H,4,6,16H2,1H3,(H2,15,17,21)/t8-,10+,11-,13?/m1/s1/i6D2. The molecule has 0 aromatic carbocycles. The Morgan fingerprint density at radius 2 is 2.41 bits per heavy atom. The Morgan fingerprint density at radius 1 is 1.73 bits per heavy atom. The van der Waals surface area contributed by atoms with Gasteiger partial charge in [0.25, 0.3) is 0 Å². The van der Waals surface area contributed by atoms with Crippen molar-refractivity contribution in [2.45, 2.75) is 30.9 Å². The third-order valence-electron chi connectivity index (χ3n) is 3.36. The first-order chi connectivity index (χ1) is 11.0. The lowest BCUT2D eigenvalue weighted by molar-refractivity contribution is -0.0483. The number of hydrogen-bond acceptors (Lipinski definition) is 7. The number of nitrogen functional groups attached to an aromatic ring is 1. The first-order valence-corrected chi connectivity index (χ1v) is 6.28. The summed E-state index contributed by atoms with van der Waals surface area (Å²) in [6.07, 6.45) is -5.17. The third-order valence-corrected chi connectivity index (χ3v) is 3.36. The second kappa shape index (κ2) is 6.02. The fraction of sp³-hybridized carbons (Fsp3) is 0.538. The van der Waals surface area contributed by atoms with Crippen molar-refractivity contribution < 1.29 is 22.1 Å². The lowest BCUT2D eigenvalue weighted by Gasteiger charge is -2.28. The van der Waals surface area contributed by atoms with Crippen LogP contribution in [0.2, 0.25) is 0 Å². The van der Waals surface area contributed by atoms with E-state index < -0.39 is 42.9 Å². The summed E-state index contributed by atoms with van der Waals surface area (Å²) in [6.45, 7) is -2.57. The maximum Gasteiger partial charge on any atom is 0.351 e. The van der Waals surface area contributed by atoms with E-state index in [1.807, 2.05) is 5.92 Å². The highest BCUT2D eigenvalue weighted by Gasteiger charge is 2.54. The molecule has 0 amide bonds. The predicted molar refractivity (Wildman–Crippen MR) is 75.3 cm³/mol. The molecule has 1 aliphatic rings. The van der Waals surface area contributed by atoms with E-state index in [0.717, 1.165) is 4.57 Å². The van der Waals surface area contributed by atoms with E-state index in [2.05, 4.69) is 10.9 Å². The summed E-state index contributed by atoms with van der Waals surface area (Å²) in [5.41, 5.74) is 8.81. The molecule has 1 fully saturated rings. The van der Waals surface area contributed by atoms with Crippen molar-refractivity contribution in [2.75, 3.05) is 19.0 Å². The molecule has 1 aromatic heterocycles. The largest absolute Gasteiger partial charge is 0.394 e. The number of aliphatic hydroxyl groups excluding tert-OH is 1. The quantitative estimate of drug-likeness (QED) is 0.466. The van der Waals surface area contributed by atoms with E-state index in [9.17, 15) is 19.4 Å². The first-order valence-electron chi connectivity index (χ1n) is 7.28. The van der Waals surface area contributed by atoms with Gasteiger partial charge in [-0.2, -0.15) is 4.98 Å². The molecule has 0 saturated carbocycles. The Bertz CT molecular complexity index is 757. The second-order valence-electron chi connectivity index (χ2n) is 4.83. The van der Waals surface area contributed by atoms with Crippen molar-refractivity contribution in [2.24, 2.45) is 5.73 Å². The Morgan fingerprint density at radius 3 is 2.95 bits per heavy atom. The predicted octanol–water partition coefficient (Wildman–Crippen LogP) is -1.95. The average molecular weight is 314 g/mol. The molecule has 1 aromatic rings. The van der Waals surface area contributed by atoms with Crippen LogP contribution in [0.3, 0.4) is 0 Å². The summed E-state index contributed by atoms with van der Waals surface area (Å²) >= 11 is 0. The summed E-state index contributed by atoms with van der Waals surface area (Å²) in [7, 11) is 0. The van der Waals surface area contributed by atoms with E-state index in [0.29, 0.717) is 0 Å². The van der Waals surface area contributed by atoms with Crippen LogP contribution in [0, 0.1) is 18.8 Å². The fourth-order valence-corrected chi connectivity index (χ4v) is 2.34. The van der Waals surface area contributed by atoms with Gasteiger partial charge in [-0.3, -0.25) is 4.57 Å². The number of halogens is 1. The summed E-state index contributed by atoms with van der Waals surface area (Å²) in [6, 6.07) is 1.33. The van der Waals surface area contributed by atoms with Gasteiger partial charge in [0.1, 0.15) is 24.7 Å². The molecule has 120 valence electrons. The van der Waals surface area contributed by atoms with Gasteiger partial charge < -0.3 is 26.4 Å². The summed E-state index contributed by atoms with van der Waals surface area (Å²) in [5, 5.41) is 19.8. The minimum Gasteiger partial charge on any atom is -0.394 e. The van der Waals surface area contributed by atoms with Crippen molar-refractivity contribution in [3.8, 4) is 11.8 Å². The van der Waals surface area contributed by atoms with Gasteiger partial charge in [-0.05, 0) is 13.0 Å². The minimum atomic E-state index is -2.98. The highest BCUT2D eigenvalue weighted by atomic mass is 19.1. The number of nitrogens with zero attached hydrogens (tertiary/aromatic N) is 2. The van der Waals surface area contributed by atoms with Crippen LogP contribution in [-0.2, 0) is 4.74 Å². The van der Waals surface area contributed by atoms with Crippen LogP contribution in [0.5, 0.6) is 0 Å². The highest BCUT2D eigenvalue weighted by Crippen LogP contribution is 2.36. The summed E-state index contributed by atoms with van der Waals surface area (Å²) in [5.74, 6) is 4.24. The van der Waals surface area contributed by atoms with E-state index in [1.54, 1.807) is 0 Å². The Labute approximate surface area is 128 Å². The molecule has 1 unspecified atom stereocenters. The fourth-order valence-electron chi connectivity index (χ4n) is 2.34. The molecule has 0 aliphatic carbocycles. The molecule has 9 heteroatoms. The topological polar surface area (TPSA) is 137 Å². The van der Waals surface area contributed by atoms with Crippen molar-refractivity contribution in [1.82, 2.24) is 9.55 Å². The van der Waals surface area contributed by atoms with E-state index in [-0.39, 0.29) is 11.5 Å². The molecule has 4 atom stereocenters. The zero-order valence-corrected chi connectivity index (χ0v) is 11.7. The molecule has 1 saturated heterocycles. The number of anilines is 1. The number of aromatic nitrogens is 2. The van der Waals surface area contributed by atoms with E-state index in [4.69, 9.17) is 18.9 Å². The number of ether oxygens (including phenoxy) is 1. The number of aliphatic hydroxyl groups is 2. The van der Waals surface area contributed by atoms with Crippen molar-refractivity contribution in [1.29, 1.82) is 0 Å². The Hall–Kier alpha value is -1.99. The van der Waals surface area contributed by atoms with Gasteiger partial charge in [0.15, 0.2) is 11.8 Å². The lowest BCUT2D eigenvalue weighted by Crippen LogP contribution is -2.55. The van der Waals surface area contributed by atoms with Gasteiger partial charge in [-0.1, -0.05) is 11.8 Å². The zero-order valence-electron chi connectivity index (χ0n) is 13.7. The molecule has 2 rings (SSSR count). The highest BCUT2D eigenvalue weighted by molar-refractivity contribution is 5.31. The molecule has 2 heterocycles. The van der Waals surface area contributed by atoms with Gasteiger partial charge in [0.2, 0.25) is 0 Å². The summed E-state index contributed by atoms with van der Waals surface area (Å²) < 4.78 is 33.3. The Balaban J connectivity index is 2.64. The van der Waals surface area contributed by atoms with Crippen molar-refractivity contribution >= 4 is 5.82 Å². The number of alkyl halides is 1. The average Bonchev–Trinajstić information content (AvgIpc) is 2.69. The minimum absolute atomic E-state index is 0.0567. The zero-order chi connectivity index (χ0) is 18.3. The van der Waals surface area contributed by atoms with Crippen LogP contribution in [0.15, 0.2) is 10.9 Å². The molecule has 0 radical (unpaired) electrons. The SMILES string of the molecule is [2H]C([2H])(O)[C@H]1O[C@@H](n2c(C)cc(N)nc2=O)C(N)(C#CCF)[C@H]1O. The molecular weight excluding hydrogens is 295 g/mol. The van der Waals surface area contributed by atoms with Crippen LogP contribution in [0.25, 0.3) is 0 Å². The number of aryl methyl sites for hydroxylation is 1. The van der Waals surface area contributed by atoms with Crippen molar-refractivity contribution in [3.05, 3.63) is 22.2 Å². The summed E-state index contributed by atoms with van der Waals surface area (Å²) in [4.78, 5) is 15.7. The van der Waals surface area contributed by atoms with Crippen LogP contribution in [0.1, 0.15) is 14.7 Å². The maximum atomic E-state index is 12.4. The number of nitrogens with two attached hydrogens (primary N) is 2. The molecule has 0 spiro atoms. The first kappa shape index (κ1) is 13.7. The molecular formula is C13H17FN4O4. The third kappa shape index (κ3) is 2.57.